The molecule has 0 radical (unpaired) electrons. The van der Waals surface area contributed by atoms with Crippen LogP contribution >= 0.6 is 0 Å². The Balaban J connectivity index is 1.47. The Morgan fingerprint density at radius 2 is 1.85 bits per heavy atom. The van der Waals surface area contributed by atoms with E-state index in [2.05, 4.69) is 33.1 Å². The molecule has 2 amide bonds. The molecular weight excluding hydrogens is 551 g/mol. The van der Waals surface area contributed by atoms with Crippen molar-refractivity contribution in [2.24, 2.45) is 11.0 Å². The van der Waals surface area contributed by atoms with Gasteiger partial charge in [-0.2, -0.15) is 18.3 Å². The Bertz CT molecular complexity index is 1260. The van der Waals surface area contributed by atoms with Gasteiger partial charge in [0.15, 0.2) is 17.2 Å². The zero-order valence-electron chi connectivity index (χ0n) is 22.5. The Morgan fingerprint density at radius 1 is 1.15 bits per heavy atom. The predicted molar refractivity (Wildman–Crippen MR) is 140 cm³/mol. The number of imidazole rings is 1. The topological polar surface area (TPSA) is 121 Å². The van der Waals surface area contributed by atoms with E-state index in [0.29, 0.717) is 12.1 Å². The van der Waals surface area contributed by atoms with E-state index in [-0.39, 0.29) is 42.7 Å². The van der Waals surface area contributed by atoms with Gasteiger partial charge in [0.05, 0.1) is 17.6 Å². The first-order valence-corrected chi connectivity index (χ1v) is 13.6. The Labute approximate surface area is 233 Å². The molecule has 2 unspecified atom stereocenters. The summed E-state index contributed by atoms with van der Waals surface area (Å²) in [4.78, 5) is 30.2. The number of hydrogen-bond donors (Lipinski definition) is 4. The highest BCUT2D eigenvalue weighted by molar-refractivity contribution is 6.43. The third-order valence-electron chi connectivity index (χ3n) is 7.75. The summed E-state index contributed by atoms with van der Waals surface area (Å²) >= 11 is 0. The lowest BCUT2D eigenvalue weighted by atomic mass is 9.81. The second-order valence-corrected chi connectivity index (χ2v) is 10.6. The number of aliphatic hydroxyl groups is 1. The van der Waals surface area contributed by atoms with Crippen LogP contribution < -0.4 is 16.1 Å². The Morgan fingerprint density at radius 3 is 2.49 bits per heavy atom. The highest BCUT2D eigenvalue weighted by Gasteiger charge is 2.54. The van der Waals surface area contributed by atoms with Gasteiger partial charge in [0.1, 0.15) is 11.9 Å². The molecule has 14 heteroatoms. The number of anilines is 1. The van der Waals surface area contributed by atoms with Crippen molar-refractivity contribution in [2.75, 3.05) is 5.32 Å². The lowest BCUT2D eigenvalue weighted by Gasteiger charge is -2.37. The molecule has 0 saturated heterocycles. The van der Waals surface area contributed by atoms with E-state index in [1.54, 1.807) is 18.7 Å². The molecule has 2 aromatic rings. The van der Waals surface area contributed by atoms with E-state index >= 15 is 0 Å². The molecule has 1 fully saturated rings. The second-order valence-electron chi connectivity index (χ2n) is 10.6. The van der Waals surface area contributed by atoms with E-state index in [1.165, 1.54) is 0 Å². The summed E-state index contributed by atoms with van der Waals surface area (Å²) in [5.41, 5.74) is -0.452. The van der Waals surface area contributed by atoms with Crippen molar-refractivity contribution in [1.29, 1.82) is 0 Å². The van der Waals surface area contributed by atoms with E-state index < -0.39 is 59.7 Å². The molecule has 1 aromatic carbocycles. The number of benzene rings is 1. The maximum absolute atomic E-state index is 14.2. The molecule has 4 N–H and O–H groups in total. The van der Waals surface area contributed by atoms with Crippen molar-refractivity contribution < 1.29 is 36.6 Å². The number of halogens is 5. The van der Waals surface area contributed by atoms with Crippen LogP contribution in [-0.4, -0.2) is 50.0 Å². The molecule has 1 saturated carbocycles. The van der Waals surface area contributed by atoms with Crippen LogP contribution in [0.2, 0.25) is 0 Å². The van der Waals surface area contributed by atoms with Crippen molar-refractivity contribution in [3.05, 3.63) is 48.1 Å². The molecule has 2 aliphatic rings. The van der Waals surface area contributed by atoms with E-state index in [4.69, 9.17) is 0 Å². The highest BCUT2D eigenvalue weighted by atomic mass is 19.4. The van der Waals surface area contributed by atoms with E-state index in [9.17, 15) is 36.6 Å². The van der Waals surface area contributed by atoms with Crippen LogP contribution in [0.25, 0.3) is 0 Å². The molecule has 41 heavy (non-hydrogen) atoms. The number of nitrogens with zero attached hydrogens (tertiary/aromatic N) is 3. The number of aromatic nitrogens is 2. The monoisotopic (exact) mass is 584 g/mol. The second kappa shape index (κ2) is 12.5. The van der Waals surface area contributed by atoms with Gasteiger partial charge in [-0.15, -0.1) is 0 Å². The highest BCUT2D eigenvalue weighted by Crippen LogP contribution is 2.41. The number of hydrazone groups is 1. The predicted octanol–water partition coefficient (Wildman–Crippen LogP) is 4.81. The summed E-state index contributed by atoms with van der Waals surface area (Å²) < 4.78 is 69.5. The van der Waals surface area contributed by atoms with Gasteiger partial charge in [-0.3, -0.25) is 15.0 Å². The van der Waals surface area contributed by atoms with Gasteiger partial charge in [-0.25, -0.2) is 13.8 Å². The number of nitrogens with one attached hydrogen (secondary N) is 3. The summed E-state index contributed by atoms with van der Waals surface area (Å²) in [5, 5.41) is 19.0. The summed E-state index contributed by atoms with van der Waals surface area (Å²) in [6.45, 7) is 2.08. The van der Waals surface area contributed by atoms with Crippen molar-refractivity contribution in [3.63, 3.8) is 0 Å². The summed E-state index contributed by atoms with van der Waals surface area (Å²) in [6.07, 6.45) is 2.47. The summed E-state index contributed by atoms with van der Waals surface area (Å²) in [5.74, 6) is -4.27. The fourth-order valence-electron chi connectivity index (χ4n) is 5.28. The van der Waals surface area contributed by atoms with Crippen LogP contribution in [0.5, 0.6) is 0 Å². The molecule has 2 heterocycles. The lowest BCUT2D eigenvalue weighted by molar-refractivity contribution is -0.270. The van der Waals surface area contributed by atoms with E-state index in [1.807, 2.05) is 4.57 Å². The normalized spacial score (nSPS) is 24.8. The number of hydrogen-bond acceptors (Lipinski definition) is 6. The summed E-state index contributed by atoms with van der Waals surface area (Å²) in [6, 6.07) is 0.561. The number of unbranched alkanes of at least 4 members (excludes halogenated alkanes) is 2. The number of carbonyl (C=O) groups is 2. The molecule has 0 bridgehead atoms. The molecule has 224 valence electrons. The fraction of sp³-hybridized carbons (Fsp3) is 0.556. The molecule has 9 nitrogen and oxygen atoms in total. The van der Waals surface area contributed by atoms with Gasteiger partial charge in [0.2, 0.25) is 0 Å². The van der Waals surface area contributed by atoms with Crippen LogP contribution in [0.3, 0.4) is 0 Å². The molecule has 1 aromatic heterocycles. The molecule has 2 atom stereocenters. The first kappa shape index (κ1) is 30.4. The molecule has 1 aliphatic heterocycles. The Hall–Kier alpha value is -3.55. The minimum absolute atomic E-state index is 0.0247. The molecular formula is C27H33F5N6O3. The van der Waals surface area contributed by atoms with Crippen LogP contribution in [0.1, 0.15) is 81.2 Å². The first-order chi connectivity index (χ1) is 19.4. The van der Waals surface area contributed by atoms with Crippen molar-refractivity contribution in [2.45, 2.75) is 88.7 Å². The number of rotatable bonds is 9. The largest absolute Gasteiger partial charge is 0.417 e. The molecule has 4 rings (SSSR count). The quantitative estimate of drug-likeness (QED) is 0.249. The minimum atomic E-state index is -4.80. The van der Waals surface area contributed by atoms with E-state index in [0.717, 1.165) is 25.7 Å². The number of alkyl halides is 3. The molecule has 0 spiro atoms. The van der Waals surface area contributed by atoms with Crippen molar-refractivity contribution in [3.8, 4) is 0 Å². The smallest absolute Gasteiger partial charge is 0.380 e. The fourth-order valence-corrected chi connectivity index (χ4v) is 5.28. The zero-order valence-corrected chi connectivity index (χ0v) is 22.5. The number of carbonyl (C=O) groups excluding carboxylic acids is 2. The maximum Gasteiger partial charge on any atom is 0.417 e. The standard InChI is InChI=1S/C27H33F5N6O3/c1-2-3-4-5-16-12-22(36-37-23(16)38-11-10-33-15-38)25(40)35-21-14-20(29)19(28)13-18(21)24(39)34-17-6-8-26(41,9-7-17)27(30,31)32/h10-11,13-17,23,37,41H,2-9,12H2,1H3,(H,34,39)(H,35,40). The van der Waals surface area contributed by atoms with Crippen LogP contribution in [0.15, 0.2) is 36.0 Å². The van der Waals surface area contributed by atoms with Gasteiger partial charge in [0, 0.05) is 36.8 Å². The van der Waals surface area contributed by atoms with Crippen LogP contribution in [0.4, 0.5) is 27.6 Å². The van der Waals surface area contributed by atoms with Gasteiger partial charge < -0.3 is 20.3 Å². The van der Waals surface area contributed by atoms with Gasteiger partial charge >= 0.3 is 6.18 Å². The molecule has 1 aliphatic carbocycles. The first-order valence-electron chi connectivity index (χ1n) is 13.6. The maximum atomic E-state index is 14.2. The van der Waals surface area contributed by atoms with Crippen molar-refractivity contribution in [1.82, 2.24) is 20.3 Å². The Kier molecular flexibility index (Phi) is 9.30. The third kappa shape index (κ3) is 7.03. The van der Waals surface area contributed by atoms with Crippen LogP contribution in [0, 0.1) is 17.6 Å². The van der Waals surface area contributed by atoms with Crippen molar-refractivity contribution >= 4 is 23.2 Å². The third-order valence-corrected chi connectivity index (χ3v) is 7.75. The van der Waals surface area contributed by atoms with Gasteiger partial charge in [0.25, 0.3) is 11.8 Å². The zero-order chi connectivity index (χ0) is 29.8. The van der Waals surface area contributed by atoms with Gasteiger partial charge in [-0.1, -0.05) is 26.2 Å². The minimum Gasteiger partial charge on any atom is -0.380 e. The lowest BCUT2D eigenvalue weighted by Crippen LogP contribution is -2.51. The summed E-state index contributed by atoms with van der Waals surface area (Å²) in [7, 11) is 0. The average Bonchev–Trinajstić information content (AvgIpc) is 3.46. The SMILES string of the molecule is CCCCCC1CC(C(=O)Nc2cc(F)c(F)cc2C(=O)NC2CCC(O)(C(F)(F)F)CC2)=NNC1n1ccnc1. The number of amides is 2. The average molecular weight is 585 g/mol. The van der Waals surface area contributed by atoms with Gasteiger partial charge in [-0.05, 0) is 38.2 Å². The van der Waals surface area contributed by atoms with Crippen LogP contribution in [-0.2, 0) is 4.79 Å².